The molecule has 27 heavy (non-hydrogen) atoms. The highest BCUT2D eigenvalue weighted by atomic mass is 79.9. The Kier molecular flexibility index (Phi) is 5.68. The van der Waals surface area contributed by atoms with E-state index in [9.17, 15) is 0 Å². The van der Waals surface area contributed by atoms with Gasteiger partial charge in [-0.25, -0.2) is 0 Å². The number of benzene rings is 2. The third-order valence-electron chi connectivity index (χ3n) is 6.52. The van der Waals surface area contributed by atoms with Gasteiger partial charge in [-0.3, -0.25) is 4.99 Å². The molecule has 2 aromatic rings. The normalized spacial score (nSPS) is 19.7. The van der Waals surface area contributed by atoms with E-state index in [1.807, 2.05) is 30.5 Å². The Labute approximate surface area is 171 Å². The molecule has 0 N–H and O–H groups in total. The van der Waals surface area contributed by atoms with Crippen LogP contribution in [-0.4, -0.2) is 19.3 Å². The van der Waals surface area contributed by atoms with Crippen LogP contribution in [0.2, 0.25) is 0 Å². The van der Waals surface area contributed by atoms with Gasteiger partial charge < -0.3 is 4.90 Å². The summed E-state index contributed by atoms with van der Waals surface area (Å²) < 4.78 is 1.06. The molecule has 0 radical (unpaired) electrons. The first-order valence-corrected chi connectivity index (χ1v) is 11.1. The van der Waals surface area contributed by atoms with Gasteiger partial charge in [0.25, 0.3) is 0 Å². The monoisotopic (exact) mass is 424 g/mol. The lowest BCUT2D eigenvalue weighted by molar-refractivity contribution is 0.144. The highest BCUT2D eigenvalue weighted by Crippen LogP contribution is 2.45. The maximum atomic E-state index is 4.63. The van der Waals surface area contributed by atoms with Crippen LogP contribution >= 0.6 is 15.9 Å². The topological polar surface area (TPSA) is 15.6 Å². The van der Waals surface area contributed by atoms with E-state index in [0.717, 1.165) is 10.2 Å². The van der Waals surface area contributed by atoms with Crippen LogP contribution in [0.1, 0.15) is 56.1 Å². The fourth-order valence-electron chi connectivity index (χ4n) is 4.74. The number of aliphatic imine (C=N–C) groups is 1. The molecule has 0 aromatic heterocycles. The summed E-state index contributed by atoms with van der Waals surface area (Å²) in [4.78, 5) is 7.21. The first kappa shape index (κ1) is 18.7. The highest BCUT2D eigenvalue weighted by molar-refractivity contribution is 9.10. The number of rotatable bonds is 3. The van der Waals surface area contributed by atoms with E-state index in [1.165, 1.54) is 74.8 Å². The average Bonchev–Trinajstić information content (AvgIpc) is 2.68. The zero-order chi connectivity index (χ0) is 18.7. The largest absolute Gasteiger partial charge is 0.371 e. The predicted molar refractivity (Wildman–Crippen MR) is 120 cm³/mol. The molecule has 2 fully saturated rings. The molecule has 0 atom stereocenters. The number of piperidine rings is 1. The summed E-state index contributed by atoms with van der Waals surface area (Å²) in [6.07, 6.45) is 12.0. The van der Waals surface area contributed by atoms with Crippen molar-refractivity contribution in [3.8, 4) is 0 Å². The Balaban J connectivity index is 1.43. The van der Waals surface area contributed by atoms with Crippen molar-refractivity contribution < 1.29 is 0 Å². The molecule has 1 heterocycles. The van der Waals surface area contributed by atoms with Crippen molar-refractivity contribution in [1.29, 1.82) is 0 Å². The Morgan fingerprint density at radius 3 is 2.44 bits per heavy atom. The number of hydrogen-bond donors (Lipinski definition) is 0. The van der Waals surface area contributed by atoms with Crippen molar-refractivity contribution in [3.05, 3.63) is 58.1 Å². The maximum Gasteiger partial charge on any atom is 0.0641 e. The van der Waals surface area contributed by atoms with Gasteiger partial charge in [0.2, 0.25) is 0 Å². The van der Waals surface area contributed by atoms with Gasteiger partial charge in [-0.2, -0.15) is 0 Å². The van der Waals surface area contributed by atoms with Crippen LogP contribution in [0.25, 0.3) is 0 Å². The van der Waals surface area contributed by atoms with Crippen LogP contribution in [-0.2, 0) is 0 Å². The summed E-state index contributed by atoms with van der Waals surface area (Å²) in [6, 6.07) is 14.9. The van der Waals surface area contributed by atoms with Crippen LogP contribution in [0.4, 0.5) is 11.4 Å². The second-order valence-electron chi connectivity index (χ2n) is 8.33. The van der Waals surface area contributed by atoms with Gasteiger partial charge in [0.15, 0.2) is 0 Å². The molecule has 2 aromatic carbocycles. The molecule has 1 saturated carbocycles. The molecule has 1 saturated heterocycles. The first-order valence-electron chi connectivity index (χ1n) is 10.3. The molecule has 142 valence electrons. The standard InChI is InChI=1S/C24H29BrN2/c1-19-16-23(27-14-12-24(13-15-27)10-3-2-4-11-24)9-8-20(19)18-26-22-7-5-6-21(25)17-22/h5-9,16-18H,2-4,10-15H2,1H3. The average molecular weight is 425 g/mol. The molecule has 2 nitrogen and oxygen atoms in total. The number of nitrogens with zero attached hydrogens (tertiary/aromatic N) is 2. The molecular formula is C24H29BrN2. The van der Waals surface area contributed by atoms with Gasteiger partial charge >= 0.3 is 0 Å². The van der Waals surface area contributed by atoms with Gasteiger partial charge in [-0.1, -0.05) is 47.3 Å². The zero-order valence-corrected chi connectivity index (χ0v) is 17.8. The van der Waals surface area contributed by atoms with Crippen LogP contribution in [0.5, 0.6) is 0 Å². The van der Waals surface area contributed by atoms with Crippen LogP contribution in [0.3, 0.4) is 0 Å². The van der Waals surface area contributed by atoms with Crippen molar-refractivity contribution in [2.24, 2.45) is 10.4 Å². The smallest absolute Gasteiger partial charge is 0.0641 e. The Bertz CT molecular complexity index is 811. The Hall–Kier alpha value is -1.61. The molecule has 1 aliphatic heterocycles. The zero-order valence-electron chi connectivity index (χ0n) is 16.3. The summed E-state index contributed by atoms with van der Waals surface area (Å²) in [6.45, 7) is 4.62. The molecule has 4 rings (SSSR count). The summed E-state index contributed by atoms with van der Waals surface area (Å²) in [7, 11) is 0. The second-order valence-corrected chi connectivity index (χ2v) is 9.24. The predicted octanol–water partition coefficient (Wildman–Crippen LogP) is 7.06. The highest BCUT2D eigenvalue weighted by Gasteiger charge is 2.35. The van der Waals surface area contributed by atoms with E-state index >= 15 is 0 Å². The van der Waals surface area contributed by atoms with Crippen molar-refractivity contribution in [3.63, 3.8) is 0 Å². The Morgan fingerprint density at radius 2 is 1.74 bits per heavy atom. The summed E-state index contributed by atoms with van der Waals surface area (Å²) in [5, 5.41) is 0. The molecule has 3 heteroatoms. The van der Waals surface area contributed by atoms with E-state index in [2.05, 4.69) is 50.9 Å². The lowest BCUT2D eigenvalue weighted by Crippen LogP contribution is -2.41. The van der Waals surface area contributed by atoms with Crippen LogP contribution in [0.15, 0.2) is 51.9 Å². The summed E-state index contributed by atoms with van der Waals surface area (Å²) in [5.74, 6) is 0. The van der Waals surface area contributed by atoms with Crippen molar-refractivity contribution in [2.45, 2.75) is 51.9 Å². The maximum absolute atomic E-state index is 4.63. The molecule has 0 amide bonds. The van der Waals surface area contributed by atoms with Crippen LogP contribution in [0, 0.1) is 12.3 Å². The van der Waals surface area contributed by atoms with Crippen molar-refractivity contribution in [1.82, 2.24) is 0 Å². The number of hydrogen-bond acceptors (Lipinski definition) is 2. The van der Waals surface area contributed by atoms with E-state index in [1.54, 1.807) is 0 Å². The van der Waals surface area contributed by atoms with E-state index in [0.29, 0.717) is 5.41 Å². The number of anilines is 1. The van der Waals surface area contributed by atoms with Gasteiger partial charge in [0.1, 0.15) is 0 Å². The Morgan fingerprint density at radius 1 is 0.963 bits per heavy atom. The van der Waals surface area contributed by atoms with E-state index in [4.69, 9.17) is 0 Å². The summed E-state index contributed by atoms with van der Waals surface area (Å²) in [5.41, 5.74) is 5.50. The minimum absolute atomic E-state index is 0.667. The van der Waals surface area contributed by atoms with Crippen molar-refractivity contribution >= 4 is 33.5 Å². The molecule has 0 unspecified atom stereocenters. The van der Waals surface area contributed by atoms with Gasteiger partial charge in [-0.05, 0) is 79.5 Å². The minimum Gasteiger partial charge on any atom is -0.371 e. The van der Waals surface area contributed by atoms with Gasteiger partial charge in [0.05, 0.1) is 5.69 Å². The van der Waals surface area contributed by atoms with Crippen molar-refractivity contribution in [2.75, 3.05) is 18.0 Å². The lowest BCUT2D eigenvalue weighted by atomic mass is 9.68. The quantitative estimate of drug-likeness (QED) is 0.481. The van der Waals surface area contributed by atoms with E-state index < -0.39 is 0 Å². The third-order valence-corrected chi connectivity index (χ3v) is 7.01. The summed E-state index contributed by atoms with van der Waals surface area (Å²) >= 11 is 3.50. The minimum atomic E-state index is 0.667. The van der Waals surface area contributed by atoms with Gasteiger partial charge in [-0.15, -0.1) is 0 Å². The SMILES string of the molecule is Cc1cc(N2CCC3(CCCCC3)CC2)ccc1C=Nc1cccc(Br)c1. The molecule has 1 spiro atoms. The third kappa shape index (κ3) is 4.45. The number of halogens is 1. The fraction of sp³-hybridized carbons (Fsp3) is 0.458. The number of aryl methyl sites for hydroxylation is 1. The second kappa shape index (κ2) is 8.18. The molecular weight excluding hydrogens is 396 g/mol. The first-order chi connectivity index (χ1) is 13.1. The van der Waals surface area contributed by atoms with Crippen LogP contribution < -0.4 is 4.90 Å². The molecule has 1 aliphatic carbocycles. The molecule has 2 aliphatic rings. The van der Waals surface area contributed by atoms with E-state index in [-0.39, 0.29) is 0 Å². The molecule has 0 bridgehead atoms. The fourth-order valence-corrected chi connectivity index (χ4v) is 5.13. The lowest BCUT2D eigenvalue weighted by Gasteiger charge is -2.45. The van der Waals surface area contributed by atoms with Gasteiger partial charge in [0, 0.05) is 29.5 Å².